The average molecular weight is 363 g/mol. The number of rotatable bonds is 14. The first-order valence-electron chi connectivity index (χ1n) is 10.9. The summed E-state index contributed by atoms with van der Waals surface area (Å²) in [7, 11) is 0. The maximum absolute atomic E-state index is 10.1. The molecule has 0 aromatic heterocycles. The van der Waals surface area contributed by atoms with Gasteiger partial charge in [-0.05, 0) is 29.5 Å². The van der Waals surface area contributed by atoms with Crippen molar-refractivity contribution in [1.29, 1.82) is 0 Å². The summed E-state index contributed by atoms with van der Waals surface area (Å²) in [6.07, 6.45) is 16.1. The molecule has 0 saturated heterocycles. The Hall–Kier alpha value is -1.18. The first kappa shape index (κ1) is 22.9. The second kappa shape index (κ2) is 13.1. The van der Waals surface area contributed by atoms with Crippen molar-refractivity contribution >= 4 is 0 Å². The minimum absolute atomic E-state index is 0.0471. The maximum Gasteiger partial charge on any atom is 0.160 e. The predicted molar refractivity (Wildman–Crippen MR) is 113 cm³/mol. The van der Waals surface area contributed by atoms with Crippen molar-refractivity contribution < 1.29 is 9.84 Å². The van der Waals surface area contributed by atoms with E-state index in [1.807, 2.05) is 12.1 Å². The molecule has 26 heavy (non-hydrogen) atoms. The zero-order valence-corrected chi connectivity index (χ0v) is 17.8. The molecule has 1 N–H and O–H groups in total. The Kier molecular flexibility index (Phi) is 11.5. The molecule has 1 aromatic rings. The highest BCUT2D eigenvalue weighted by Crippen LogP contribution is 2.32. The zero-order chi connectivity index (χ0) is 19.3. The fraction of sp³-hybridized carbons (Fsp3) is 0.750. The van der Waals surface area contributed by atoms with E-state index >= 15 is 0 Å². The van der Waals surface area contributed by atoms with E-state index in [9.17, 15) is 5.11 Å². The molecule has 2 nitrogen and oxygen atoms in total. The lowest BCUT2D eigenvalue weighted by molar-refractivity contribution is 0.288. The van der Waals surface area contributed by atoms with Gasteiger partial charge in [-0.15, -0.1) is 0 Å². The van der Waals surface area contributed by atoms with E-state index in [0.29, 0.717) is 12.4 Å². The molecule has 0 radical (unpaired) electrons. The summed E-state index contributed by atoms with van der Waals surface area (Å²) in [4.78, 5) is 0. The van der Waals surface area contributed by atoms with Gasteiger partial charge in [-0.1, -0.05) is 104 Å². The molecule has 0 atom stereocenters. The molecule has 2 heteroatoms. The Morgan fingerprint density at radius 2 is 1.27 bits per heavy atom. The Bertz CT molecular complexity index is 474. The number of hydrogen-bond acceptors (Lipinski definition) is 2. The standard InChI is InChI=1S/C24H42O2/c1-5-6-7-8-9-10-11-12-13-14-15-16-19-26-23-18-17-21(20-22(23)25)24(2,3)4/h17-18,20,25H,5-16,19H2,1-4H3. The van der Waals surface area contributed by atoms with E-state index in [1.54, 1.807) is 0 Å². The normalized spacial score (nSPS) is 11.7. The van der Waals surface area contributed by atoms with Gasteiger partial charge < -0.3 is 9.84 Å². The van der Waals surface area contributed by atoms with Gasteiger partial charge in [0.2, 0.25) is 0 Å². The van der Waals surface area contributed by atoms with Gasteiger partial charge in [-0.3, -0.25) is 0 Å². The maximum atomic E-state index is 10.1. The molecule has 1 aromatic carbocycles. The fourth-order valence-electron chi connectivity index (χ4n) is 3.23. The van der Waals surface area contributed by atoms with Gasteiger partial charge in [0.1, 0.15) is 0 Å². The van der Waals surface area contributed by atoms with Crippen LogP contribution in [0.25, 0.3) is 0 Å². The van der Waals surface area contributed by atoms with Crippen molar-refractivity contribution in [3.8, 4) is 11.5 Å². The van der Waals surface area contributed by atoms with E-state index in [0.717, 1.165) is 12.0 Å². The topological polar surface area (TPSA) is 29.5 Å². The smallest absolute Gasteiger partial charge is 0.160 e. The molecular weight excluding hydrogens is 320 g/mol. The SMILES string of the molecule is CCCCCCCCCCCCCCOc1ccc(C(C)(C)C)cc1O. The van der Waals surface area contributed by atoms with Crippen LogP contribution in [-0.2, 0) is 5.41 Å². The van der Waals surface area contributed by atoms with Crippen LogP contribution < -0.4 is 4.74 Å². The Morgan fingerprint density at radius 3 is 1.73 bits per heavy atom. The van der Waals surface area contributed by atoms with E-state index in [4.69, 9.17) is 4.74 Å². The second-order valence-corrected chi connectivity index (χ2v) is 8.67. The summed E-state index contributed by atoms with van der Waals surface area (Å²) in [5.41, 5.74) is 1.18. The van der Waals surface area contributed by atoms with Crippen molar-refractivity contribution in [2.45, 2.75) is 110 Å². The van der Waals surface area contributed by atoms with Crippen molar-refractivity contribution in [1.82, 2.24) is 0 Å². The highest BCUT2D eigenvalue weighted by Gasteiger charge is 2.15. The molecule has 0 spiro atoms. The first-order chi connectivity index (χ1) is 12.4. The van der Waals surface area contributed by atoms with Crippen LogP contribution >= 0.6 is 0 Å². The third-order valence-corrected chi connectivity index (χ3v) is 5.08. The van der Waals surface area contributed by atoms with Crippen molar-refractivity contribution in [3.63, 3.8) is 0 Å². The Balaban J connectivity index is 2.01. The number of phenols is 1. The molecule has 0 aliphatic carbocycles. The van der Waals surface area contributed by atoms with Crippen molar-refractivity contribution in [2.75, 3.05) is 6.61 Å². The van der Waals surface area contributed by atoms with Crippen LogP contribution in [0, 0.1) is 0 Å². The van der Waals surface area contributed by atoms with Gasteiger partial charge in [-0.2, -0.15) is 0 Å². The summed E-state index contributed by atoms with van der Waals surface area (Å²) in [5, 5.41) is 10.1. The van der Waals surface area contributed by atoms with Crippen LogP contribution in [0.5, 0.6) is 11.5 Å². The van der Waals surface area contributed by atoms with E-state index < -0.39 is 0 Å². The first-order valence-corrected chi connectivity index (χ1v) is 10.9. The lowest BCUT2D eigenvalue weighted by Gasteiger charge is -2.20. The average Bonchev–Trinajstić information content (AvgIpc) is 2.59. The summed E-state index contributed by atoms with van der Waals surface area (Å²) in [6.45, 7) is 9.41. The van der Waals surface area contributed by atoms with Crippen LogP contribution in [0.2, 0.25) is 0 Å². The highest BCUT2D eigenvalue weighted by atomic mass is 16.5. The largest absolute Gasteiger partial charge is 0.504 e. The van der Waals surface area contributed by atoms with E-state index in [1.165, 1.54) is 70.6 Å². The number of hydrogen-bond donors (Lipinski definition) is 1. The molecule has 0 bridgehead atoms. The minimum Gasteiger partial charge on any atom is -0.504 e. The molecule has 0 aliphatic heterocycles. The minimum atomic E-state index is 0.0471. The van der Waals surface area contributed by atoms with E-state index in [2.05, 4.69) is 33.8 Å². The quantitative estimate of drug-likeness (QED) is 0.342. The number of benzene rings is 1. The van der Waals surface area contributed by atoms with Gasteiger partial charge in [0.05, 0.1) is 6.61 Å². The lowest BCUT2D eigenvalue weighted by Crippen LogP contribution is -2.10. The monoisotopic (exact) mass is 362 g/mol. The van der Waals surface area contributed by atoms with Gasteiger partial charge in [-0.25, -0.2) is 0 Å². The molecule has 150 valence electrons. The Labute approximate surface area is 162 Å². The van der Waals surface area contributed by atoms with Crippen molar-refractivity contribution in [2.24, 2.45) is 0 Å². The van der Waals surface area contributed by atoms with Crippen LogP contribution in [0.4, 0.5) is 0 Å². The van der Waals surface area contributed by atoms with Crippen LogP contribution in [0.1, 0.15) is 110 Å². The molecule has 0 saturated carbocycles. The summed E-state index contributed by atoms with van der Waals surface area (Å²) < 4.78 is 5.75. The zero-order valence-electron chi connectivity index (χ0n) is 17.8. The summed E-state index contributed by atoms with van der Waals surface area (Å²) in [6, 6.07) is 5.78. The molecule has 1 rings (SSSR count). The molecule has 0 amide bonds. The Morgan fingerprint density at radius 1 is 0.769 bits per heavy atom. The second-order valence-electron chi connectivity index (χ2n) is 8.67. The molecular formula is C24H42O2. The van der Waals surface area contributed by atoms with Crippen molar-refractivity contribution in [3.05, 3.63) is 23.8 Å². The van der Waals surface area contributed by atoms with Gasteiger partial charge >= 0.3 is 0 Å². The molecule has 0 fully saturated rings. The van der Waals surface area contributed by atoms with Gasteiger partial charge in [0.15, 0.2) is 11.5 Å². The molecule has 0 unspecified atom stereocenters. The number of phenolic OH excluding ortho intramolecular Hbond substituents is 1. The van der Waals surface area contributed by atoms with Gasteiger partial charge in [0, 0.05) is 0 Å². The highest BCUT2D eigenvalue weighted by molar-refractivity contribution is 5.43. The third kappa shape index (κ3) is 10.1. The number of unbranched alkanes of at least 4 members (excludes halogenated alkanes) is 11. The molecule has 0 aliphatic rings. The number of aromatic hydroxyl groups is 1. The van der Waals surface area contributed by atoms with E-state index in [-0.39, 0.29) is 11.2 Å². The van der Waals surface area contributed by atoms with Crippen LogP contribution in [0.3, 0.4) is 0 Å². The third-order valence-electron chi connectivity index (χ3n) is 5.08. The summed E-state index contributed by atoms with van der Waals surface area (Å²) in [5.74, 6) is 0.873. The summed E-state index contributed by atoms with van der Waals surface area (Å²) >= 11 is 0. The van der Waals surface area contributed by atoms with Gasteiger partial charge in [0.25, 0.3) is 0 Å². The van der Waals surface area contributed by atoms with Crippen LogP contribution in [-0.4, -0.2) is 11.7 Å². The lowest BCUT2D eigenvalue weighted by atomic mass is 9.87. The number of ether oxygens (including phenoxy) is 1. The van der Waals surface area contributed by atoms with Crippen LogP contribution in [0.15, 0.2) is 18.2 Å². The molecule has 0 heterocycles. The fourth-order valence-corrected chi connectivity index (χ4v) is 3.23. The predicted octanol–water partition coefficient (Wildman–Crippen LogP) is 7.77.